The highest BCUT2D eigenvalue weighted by Gasteiger charge is 2.35. The summed E-state index contributed by atoms with van der Waals surface area (Å²) in [5.74, 6) is -1.43. The normalized spacial score (nSPS) is 12.2. The number of aromatic amines is 1. The summed E-state index contributed by atoms with van der Waals surface area (Å²) in [4.78, 5) is 16.9. The highest BCUT2D eigenvalue weighted by molar-refractivity contribution is 5.34. The SMILES string of the molecule is O=c1nc(C(F)(F)F)nc2cc[nH]n12. The van der Waals surface area contributed by atoms with Gasteiger partial charge in [-0.2, -0.15) is 22.7 Å². The molecule has 0 spiro atoms. The standard InChI is InChI=1S/C6H3F3N4O/c7-6(8,9)4-11-3-1-2-10-13(3)5(14)12-4/h1-2,10H. The molecule has 0 unspecified atom stereocenters. The summed E-state index contributed by atoms with van der Waals surface area (Å²) in [5, 5.41) is 2.38. The Hall–Kier alpha value is -1.86. The van der Waals surface area contributed by atoms with E-state index < -0.39 is 17.7 Å². The molecule has 2 rings (SSSR count). The van der Waals surface area contributed by atoms with E-state index >= 15 is 0 Å². The summed E-state index contributed by atoms with van der Waals surface area (Å²) in [6.07, 6.45) is -3.41. The van der Waals surface area contributed by atoms with Gasteiger partial charge in [-0.1, -0.05) is 0 Å². The van der Waals surface area contributed by atoms with Crippen LogP contribution in [0.1, 0.15) is 5.82 Å². The van der Waals surface area contributed by atoms with Gasteiger partial charge in [0.1, 0.15) is 0 Å². The van der Waals surface area contributed by atoms with E-state index in [4.69, 9.17) is 0 Å². The smallest absolute Gasteiger partial charge is 0.296 e. The number of H-pyrrole nitrogens is 1. The van der Waals surface area contributed by atoms with Crippen LogP contribution in [0.25, 0.3) is 5.65 Å². The number of alkyl halides is 3. The molecule has 5 nitrogen and oxygen atoms in total. The van der Waals surface area contributed by atoms with Crippen LogP contribution < -0.4 is 5.69 Å². The molecule has 0 saturated carbocycles. The predicted molar refractivity (Wildman–Crippen MR) is 38.6 cm³/mol. The molecule has 2 aromatic heterocycles. The van der Waals surface area contributed by atoms with Crippen molar-refractivity contribution in [1.29, 1.82) is 0 Å². The van der Waals surface area contributed by atoms with Gasteiger partial charge in [0, 0.05) is 12.3 Å². The van der Waals surface area contributed by atoms with Crippen molar-refractivity contribution in [2.24, 2.45) is 0 Å². The first kappa shape index (κ1) is 8.73. The van der Waals surface area contributed by atoms with Crippen molar-refractivity contribution < 1.29 is 13.2 Å². The van der Waals surface area contributed by atoms with Crippen LogP contribution in [-0.4, -0.2) is 19.6 Å². The van der Waals surface area contributed by atoms with E-state index in [1.54, 1.807) is 0 Å². The molecule has 0 atom stereocenters. The van der Waals surface area contributed by atoms with Crippen LogP contribution in [-0.2, 0) is 6.18 Å². The second-order valence-electron chi connectivity index (χ2n) is 2.48. The molecule has 0 bridgehead atoms. The molecule has 2 aromatic rings. The third kappa shape index (κ3) is 1.24. The minimum absolute atomic E-state index is 0.114. The summed E-state index contributed by atoms with van der Waals surface area (Å²) < 4.78 is 37.2. The van der Waals surface area contributed by atoms with Gasteiger partial charge in [-0.15, -0.1) is 0 Å². The Labute approximate surface area is 74.2 Å². The average Bonchev–Trinajstić information content (AvgIpc) is 2.50. The van der Waals surface area contributed by atoms with Crippen molar-refractivity contribution in [2.45, 2.75) is 6.18 Å². The minimum atomic E-state index is -4.70. The van der Waals surface area contributed by atoms with Crippen molar-refractivity contribution in [3.63, 3.8) is 0 Å². The summed E-state index contributed by atoms with van der Waals surface area (Å²) >= 11 is 0. The van der Waals surface area contributed by atoms with Crippen molar-refractivity contribution in [3.05, 3.63) is 28.6 Å². The van der Waals surface area contributed by atoms with Crippen LogP contribution in [0.3, 0.4) is 0 Å². The van der Waals surface area contributed by atoms with E-state index in [1.165, 1.54) is 12.3 Å². The van der Waals surface area contributed by atoms with Gasteiger partial charge in [0.25, 0.3) is 0 Å². The van der Waals surface area contributed by atoms with Gasteiger partial charge in [0.2, 0.25) is 5.82 Å². The zero-order valence-corrected chi connectivity index (χ0v) is 6.54. The Balaban J connectivity index is 2.77. The molecule has 14 heavy (non-hydrogen) atoms. The zero-order chi connectivity index (χ0) is 10.3. The Morgan fingerprint density at radius 2 is 2.07 bits per heavy atom. The second-order valence-corrected chi connectivity index (χ2v) is 2.48. The lowest BCUT2D eigenvalue weighted by atomic mass is 10.5. The minimum Gasteiger partial charge on any atom is -0.296 e. The van der Waals surface area contributed by atoms with E-state index in [-0.39, 0.29) is 5.65 Å². The number of hydrogen-bond donors (Lipinski definition) is 1. The van der Waals surface area contributed by atoms with Crippen molar-refractivity contribution >= 4 is 5.65 Å². The topological polar surface area (TPSA) is 63.0 Å². The van der Waals surface area contributed by atoms with Crippen LogP contribution >= 0.6 is 0 Å². The Bertz CT molecular complexity index is 526. The largest absolute Gasteiger partial charge is 0.451 e. The van der Waals surface area contributed by atoms with Crippen LogP contribution in [0.15, 0.2) is 17.1 Å². The Kier molecular flexibility index (Phi) is 1.60. The monoisotopic (exact) mass is 204 g/mol. The summed E-state index contributed by atoms with van der Waals surface area (Å²) in [6, 6.07) is 1.25. The lowest BCUT2D eigenvalue weighted by Gasteiger charge is -2.02. The van der Waals surface area contributed by atoms with E-state index in [0.29, 0.717) is 0 Å². The lowest BCUT2D eigenvalue weighted by molar-refractivity contribution is -0.145. The van der Waals surface area contributed by atoms with Crippen LogP contribution in [0.4, 0.5) is 13.2 Å². The molecule has 0 fully saturated rings. The first-order valence-corrected chi connectivity index (χ1v) is 3.50. The zero-order valence-electron chi connectivity index (χ0n) is 6.54. The van der Waals surface area contributed by atoms with Crippen LogP contribution in [0.5, 0.6) is 0 Å². The number of aromatic nitrogens is 4. The highest BCUT2D eigenvalue weighted by atomic mass is 19.4. The number of nitrogens with zero attached hydrogens (tertiary/aromatic N) is 3. The van der Waals surface area contributed by atoms with Gasteiger partial charge in [0.05, 0.1) is 0 Å². The summed E-state index contributed by atoms with van der Waals surface area (Å²) in [7, 11) is 0. The fourth-order valence-corrected chi connectivity index (χ4v) is 0.968. The highest BCUT2D eigenvalue weighted by Crippen LogP contribution is 2.24. The van der Waals surface area contributed by atoms with E-state index in [2.05, 4.69) is 15.1 Å². The molecule has 0 amide bonds. The van der Waals surface area contributed by atoms with Gasteiger partial charge in [0.15, 0.2) is 5.65 Å². The molecule has 2 heterocycles. The molecule has 0 radical (unpaired) electrons. The predicted octanol–water partition coefficient (Wildman–Crippen LogP) is 0.436. The second kappa shape index (κ2) is 2.56. The number of nitrogens with one attached hydrogen (secondary N) is 1. The van der Waals surface area contributed by atoms with Crippen molar-refractivity contribution in [2.75, 3.05) is 0 Å². The average molecular weight is 204 g/mol. The van der Waals surface area contributed by atoms with E-state index in [9.17, 15) is 18.0 Å². The van der Waals surface area contributed by atoms with Crippen molar-refractivity contribution in [3.8, 4) is 0 Å². The van der Waals surface area contributed by atoms with Gasteiger partial charge in [-0.3, -0.25) is 5.10 Å². The first-order valence-electron chi connectivity index (χ1n) is 3.50. The fourth-order valence-electron chi connectivity index (χ4n) is 0.968. The fraction of sp³-hybridized carbons (Fsp3) is 0.167. The van der Waals surface area contributed by atoms with Gasteiger partial charge in [-0.25, -0.2) is 9.78 Å². The van der Waals surface area contributed by atoms with E-state index in [1.807, 2.05) is 0 Å². The number of halogens is 3. The molecule has 74 valence electrons. The molecule has 0 aliphatic heterocycles. The maximum absolute atomic E-state index is 12.1. The maximum atomic E-state index is 12.1. The third-order valence-corrected chi connectivity index (χ3v) is 1.53. The number of rotatable bonds is 0. The lowest BCUT2D eigenvalue weighted by Crippen LogP contribution is -2.24. The van der Waals surface area contributed by atoms with E-state index in [0.717, 1.165) is 4.52 Å². The molecular weight excluding hydrogens is 201 g/mol. The first-order chi connectivity index (χ1) is 6.48. The van der Waals surface area contributed by atoms with Crippen LogP contribution in [0.2, 0.25) is 0 Å². The summed E-state index contributed by atoms with van der Waals surface area (Å²) in [5.41, 5.74) is -1.15. The van der Waals surface area contributed by atoms with Crippen molar-refractivity contribution in [1.82, 2.24) is 19.6 Å². The maximum Gasteiger partial charge on any atom is 0.451 e. The number of hydrogen-bond acceptors (Lipinski definition) is 3. The molecule has 0 aromatic carbocycles. The Morgan fingerprint density at radius 1 is 1.36 bits per heavy atom. The van der Waals surface area contributed by atoms with Gasteiger partial charge >= 0.3 is 11.9 Å². The molecule has 0 aliphatic carbocycles. The molecule has 0 aliphatic rings. The molecule has 1 N–H and O–H groups in total. The quantitative estimate of drug-likeness (QED) is 0.677. The van der Waals surface area contributed by atoms with Crippen LogP contribution in [0, 0.1) is 0 Å². The molecule has 0 saturated heterocycles. The summed E-state index contributed by atoms with van der Waals surface area (Å²) in [6.45, 7) is 0. The molecule has 8 heteroatoms. The third-order valence-electron chi connectivity index (χ3n) is 1.53. The van der Waals surface area contributed by atoms with Gasteiger partial charge in [-0.05, 0) is 0 Å². The molecular formula is C6H3F3N4O. The number of fused-ring (bicyclic) bond motifs is 1. The van der Waals surface area contributed by atoms with Gasteiger partial charge < -0.3 is 0 Å². The Morgan fingerprint density at radius 3 is 2.71 bits per heavy atom.